The quantitative estimate of drug-likeness (QED) is 0.0435. The monoisotopic (exact) mass is 842 g/mol. The molecule has 15 heteroatoms. The number of rotatable bonds is 37. The molecule has 0 aliphatic carbocycles. The number of hydrogen-bond acceptors (Lipinski definition) is 8. The number of hydrogen-bond donors (Lipinski definition) is 5. The first-order valence-corrected chi connectivity index (χ1v) is 20.7. The molecule has 0 spiro atoms. The van der Waals surface area contributed by atoms with Crippen LogP contribution in [0, 0.1) is 0 Å². The Labute approximate surface area is 316 Å². The molecule has 0 bridgehead atoms. The number of nitrogens with one attached hydrogen (secondary N) is 4. The van der Waals surface area contributed by atoms with E-state index in [0.29, 0.717) is 78.4 Å². The predicted octanol–water partition coefficient (Wildman–Crippen LogP) is 4.77. The van der Waals surface area contributed by atoms with Crippen molar-refractivity contribution in [1.29, 1.82) is 0 Å². The Morgan fingerprint density at radius 3 is 1.38 bits per heavy atom. The van der Waals surface area contributed by atoms with Gasteiger partial charge in [0.15, 0.2) is 0 Å². The molecule has 0 rings (SSSR count). The highest BCUT2D eigenvalue weighted by molar-refractivity contribution is 9.09. The lowest BCUT2D eigenvalue weighted by Gasteiger charge is -2.18. The molecular weight excluding hydrogens is 780 g/mol. The fraction of sp³-hybridized carbons (Fsp3) is 0.857. The summed E-state index contributed by atoms with van der Waals surface area (Å²) in [6.07, 6.45) is 18.1. The number of unbranched alkanes of at least 4 members (excludes halogenated alkanes) is 13. The van der Waals surface area contributed by atoms with Crippen molar-refractivity contribution >= 4 is 61.5 Å². The number of amides is 4. The van der Waals surface area contributed by atoms with Crippen molar-refractivity contribution in [3.05, 3.63) is 0 Å². The predicted molar refractivity (Wildman–Crippen MR) is 202 cm³/mol. The SMILES string of the molecule is O=C(O)CCCCCCCCCCCCCCCCC(=O)NCCOCCOCCOCCNC(=O)[C@H](CCCNC(=O)CBr)NC(=O)CBr. The number of carboxylic acid groups (broad SMARTS) is 1. The first-order valence-electron chi connectivity index (χ1n) is 18.5. The summed E-state index contributed by atoms with van der Waals surface area (Å²) in [5.74, 6) is -1.36. The molecule has 0 aromatic heterocycles. The van der Waals surface area contributed by atoms with E-state index in [1.807, 2.05) is 0 Å². The van der Waals surface area contributed by atoms with Crippen LogP contribution in [0.3, 0.4) is 0 Å². The molecule has 0 fully saturated rings. The molecule has 0 saturated carbocycles. The van der Waals surface area contributed by atoms with Gasteiger partial charge >= 0.3 is 5.97 Å². The number of aliphatic carboxylic acids is 1. The summed E-state index contributed by atoms with van der Waals surface area (Å²) in [6.45, 7) is 3.50. The van der Waals surface area contributed by atoms with E-state index in [-0.39, 0.29) is 40.8 Å². The Balaban J connectivity index is 3.51. The fourth-order valence-electron chi connectivity index (χ4n) is 5.03. The van der Waals surface area contributed by atoms with Crippen LogP contribution in [0.25, 0.3) is 0 Å². The van der Waals surface area contributed by atoms with Gasteiger partial charge in [-0.3, -0.25) is 24.0 Å². The number of carbonyl (C=O) groups excluding carboxylic acids is 4. The Hall–Kier alpha value is -1.81. The van der Waals surface area contributed by atoms with Crippen LogP contribution in [0.1, 0.15) is 116 Å². The summed E-state index contributed by atoms with van der Waals surface area (Å²) in [6, 6.07) is -0.697. The minimum Gasteiger partial charge on any atom is -0.481 e. The topological polar surface area (TPSA) is 181 Å². The van der Waals surface area contributed by atoms with Crippen LogP contribution in [0.4, 0.5) is 0 Å². The van der Waals surface area contributed by atoms with Crippen LogP contribution < -0.4 is 21.3 Å². The van der Waals surface area contributed by atoms with Gasteiger partial charge in [-0.2, -0.15) is 0 Å². The second-order valence-electron chi connectivity index (χ2n) is 12.2. The van der Waals surface area contributed by atoms with Crippen molar-refractivity contribution in [2.45, 2.75) is 122 Å². The molecule has 13 nitrogen and oxygen atoms in total. The largest absolute Gasteiger partial charge is 0.481 e. The van der Waals surface area contributed by atoms with Gasteiger partial charge in [-0.05, 0) is 25.7 Å². The molecule has 0 unspecified atom stereocenters. The van der Waals surface area contributed by atoms with Gasteiger partial charge in [0.25, 0.3) is 0 Å². The zero-order valence-corrected chi connectivity index (χ0v) is 33.2. The molecule has 0 aromatic carbocycles. The first-order chi connectivity index (χ1) is 24.3. The third-order valence-electron chi connectivity index (χ3n) is 7.79. The molecule has 0 heterocycles. The van der Waals surface area contributed by atoms with Crippen LogP contribution >= 0.6 is 31.9 Å². The van der Waals surface area contributed by atoms with Gasteiger partial charge in [0, 0.05) is 32.5 Å². The lowest BCUT2D eigenvalue weighted by Crippen LogP contribution is -2.48. The normalized spacial score (nSPS) is 11.6. The molecular formula is C35H64Br2N4O9. The molecule has 1 atom stereocenters. The third kappa shape index (κ3) is 34.6. The van der Waals surface area contributed by atoms with Crippen molar-refractivity contribution in [3.8, 4) is 0 Å². The van der Waals surface area contributed by atoms with E-state index in [4.69, 9.17) is 19.3 Å². The Morgan fingerprint density at radius 1 is 0.480 bits per heavy atom. The highest BCUT2D eigenvalue weighted by Crippen LogP contribution is 2.13. The molecule has 50 heavy (non-hydrogen) atoms. The minimum absolute atomic E-state index is 0.0650. The van der Waals surface area contributed by atoms with Crippen LogP contribution in [0.5, 0.6) is 0 Å². The van der Waals surface area contributed by atoms with Crippen LogP contribution in [0.15, 0.2) is 0 Å². The van der Waals surface area contributed by atoms with Gasteiger partial charge < -0.3 is 40.6 Å². The van der Waals surface area contributed by atoms with Gasteiger partial charge in [0.2, 0.25) is 23.6 Å². The van der Waals surface area contributed by atoms with E-state index < -0.39 is 12.0 Å². The number of ether oxygens (including phenoxy) is 3. The molecule has 0 saturated heterocycles. The highest BCUT2D eigenvalue weighted by Gasteiger charge is 2.19. The van der Waals surface area contributed by atoms with E-state index in [9.17, 15) is 24.0 Å². The van der Waals surface area contributed by atoms with E-state index in [2.05, 4.69) is 53.1 Å². The number of carbonyl (C=O) groups is 5. The van der Waals surface area contributed by atoms with E-state index in [0.717, 1.165) is 32.1 Å². The summed E-state index contributed by atoms with van der Waals surface area (Å²) in [4.78, 5) is 58.1. The molecule has 5 N–H and O–H groups in total. The summed E-state index contributed by atoms with van der Waals surface area (Å²) in [5, 5.41) is 20.0. The Kier molecular flexibility index (Phi) is 35.6. The maximum Gasteiger partial charge on any atom is 0.303 e. The van der Waals surface area contributed by atoms with Crippen LogP contribution in [0.2, 0.25) is 0 Å². The van der Waals surface area contributed by atoms with Crippen molar-refractivity contribution < 1.29 is 43.3 Å². The maximum absolute atomic E-state index is 12.5. The van der Waals surface area contributed by atoms with Gasteiger partial charge in [0.1, 0.15) is 6.04 Å². The van der Waals surface area contributed by atoms with Crippen molar-refractivity contribution in [3.63, 3.8) is 0 Å². The lowest BCUT2D eigenvalue weighted by atomic mass is 10.0. The number of halogens is 2. The molecule has 0 aromatic rings. The van der Waals surface area contributed by atoms with Crippen molar-refractivity contribution in [1.82, 2.24) is 21.3 Å². The Bertz CT molecular complexity index is 887. The summed E-state index contributed by atoms with van der Waals surface area (Å²) in [5.41, 5.74) is 0. The smallest absolute Gasteiger partial charge is 0.303 e. The average Bonchev–Trinajstić information content (AvgIpc) is 3.10. The average molecular weight is 845 g/mol. The molecule has 0 aliphatic rings. The second-order valence-corrected chi connectivity index (χ2v) is 13.3. The summed E-state index contributed by atoms with van der Waals surface area (Å²) >= 11 is 6.16. The van der Waals surface area contributed by atoms with Crippen molar-refractivity contribution in [2.24, 2.45) is 0 Å². The Morgan fingerprint density at radius 2 is 0.900 bits per heavy atom. The second kappa shape index (κ2) is 37.0. The van der Waals surface area contributed by atoms with E-state index >= 15 is 0 Å². The summed E-state index contributed by atoms with van der Waals surface area (Å²) < 4.78 is 16.5. The maximum atomic E-state index is 12.5. The standard InChI is InChI=1S/C35H64Br2N4O9/c36-28-32(43)38-19-15-16-30(41-33(44)29-37)35(47)40-21-23-49-25-27-50-26-24-48-22-20-39-31(42)17-13-11-9-7-5-3-1-2-4-6-8-10-12-14-18-34(45)46/h30H,1-29H2,(H,38,43)(H,39,42)(H,40,47)(H,41,44)(H,45,46)/t30-/m0/s1. The molecule has 4 amide bonds. The molecule has 292 valence electrons. The number of alkyl halides is 2. The zero-order valence-electron chi connectivity index (χ0n) is 30.1. The molecule has 0 aliphatic heterocycles. The lowest BCUT2D eigenvalue weighted by molar-refractivity contribution is -0.137. The summed E-state index contributed by atoms with van der Waals surface area (Å²) in [7, 11) is 0. The van der Waals surface area contributed by atoms with Crippen LogP contribution in [-0.2, 0) is 38.2 Å². The van der Waals surface area contributed by atoms with Gasteiger partial charge in [-0.1, -0.05) is 109 Å². The molecule has 0 radical (unpaired) electrons. The first kappa shape index (κ1) is 48.2. The van der Waals surface area contributed by atoms with E-state index in [1.54, 1.807) is 0 Å². The number of carboxylic acids is 1. The van der Waals surface area contributed by atoms with Gasteiger partial charge in [-0.25, -0.2) is 0 Å². The van der Waals surface area contributed by atoms with Gasteiger partial charge in [0.05, 0.1) is 50.3 Å². The van der Waals surface area contributed by atoms with Crippen LogP contribution in [-0.4, -0.2) is 111 Å². The third-order valence-corrected chi connectivity index (χ3v) is 8.81. The zero-order chi connectivity index (χ0) is 36.9. The van der Waals surface area contributed by atoms with E-state index in [1.165, 1.54) is 57.8 Å². The minimum atomic E-state index is -0.697. The van der Waals surface area contributed by atoms with Gasteiger partial charge in [-0.15, -0.1) is 0 Å². The fourth-order valence-corrected chi connectivity index (χ4v) is 5.39. The highest BCUT2D eigenvalue weighted by atomic mass is 79.9. The van der Waals surface area contributed by atoms with Crippen molar-refractivity contribution in [2.75, 3.05) is 69.9 Å².